The fourth-order valence-corrected chi connectivity index (χ4v) is 6.47. The lowest BCUT2D eigenvalue weighted by molar-refractivity contribution is -0.150. The van der Waals surface area contributed by atoms with Crippen LogP contribution < -0.4 is 10.6 Å². The lowest BCUT2D eigenvalue weighted by Gasteiger charge is -2.18. The number of ether oxygens (including phenoxy) is 1. The van der Waals surface area contributed by atoms with Gasteiger partial charge in [0.25, 0.3) is 0 Å². The molecule has 0 saturated heterocycles. The zero-order valence-corrected chi connectivity index (χ0v) is 34.7. The minimum Gasteiger partial charge on any atom is -0.480 e. The molecule has 314 valence electrons. The van der Waals surface area contributed by atoms with Gasteiger partial charge in [0.05, 0.1) is 13.2 Å². The summed E-state index contributed by atoms with van der Waals surface area (Å²) in [6, 6.07) is -1.38. The number of aliphatic hydroxyl groups excluding tert-OH is 1. The average Bonchev–Trinajstić information content (AvgIpc) is 3.15. The molecular formula is C45H82N2O7. The molecule has 0 aromatic carbocycles. The second kappa shape index (κ2) is 40.0. The van der Waals surface area contributed by atoms with E-state index in [9.17, 15) is 19.2 Å². The van der Waals surface area contributed by atoms with Gasteiger partial charge in [0.1, 0.15) is 12.1 Å². The summed E-state index contributed by atoms with van der Waals surface area (Å²) in [6.07, 6.45) is 43.4. The van der Waals surface area contributed by atoms with Crippen LogP contribution in [0, 0.1) is 0 Å². The van der Waals surface area contributed by atoms with Gasteiger partial charge in [-0.1, -0.05) is 141 Å². The van der Waals surface area contributed by atoms with Crippen molar-refractivity contribution in [3.05, 3.63) is 24.3 Å². The molecule has 2 amide bonds. The highest BCUT2D eigenvalue weighted by Crippen LogP contribution is 2.18. The molecule has 0 aromatic rings. The summed E-state index contributed by atoms with van der Waals surface area (Å²) < 4.78 is 6.01. The average molecular weight is 763 g/mol. The van der Waals surface area contributed by atoms with Crippen molar-refractivity contribution in [3.8, 4) is 0 Å². The number of nitrogens with one attached hydrogen (secondary N) is 2. The molecule has 0 heterocycles. The first-order chi connectivity index (χ1) is 26.3. The number of esters is 1. The van der Waals surface area contributed by atoms with Crippen molar-refractivity contribution in [1.29, 1.82) is 0 Å². The fourth-order valence-electron chi connectivity index (χ4n) is 6.47. The number of carbonyl (C=O) groups is 4. The second-order valence-electron chi connectivity index (χ2n) is 15.1. The first-order valence-electron chi connectivity index (χ1n) is 22.2. The number of rotatable bonds is 40. The molecule has 2 atom stereocenters. The first kappa shape index (κ1) is 51.3. The molecule has 0 fully saturated rings. The highest BCUT2D eigenvalue weighted by molar-refractivity contribution is 5.87. The monoisotopic (exact) mass is 763 g/mol. The number of aliphatic carboxylic acids is 1. The minimum atomic E-state index is -1.38. The molecule has 0 aliphatic carbocycles. The van der Waals surface area contributed by atoms with Gasteiger partial charge < -0.3 is 25.6 Å². The molecule has 0 radical (unpaired) electrons. The summed E-state index contributed by atoms with van der Waals surface area (Å²) in [5.41, 5.74) is 0. The zero-order chi connectivity index (χ0) is 39.7. The van der Waals surface area contributed by atoms with Gasteiger partial charge in [0, 0.05) is 12.8 Å². The molecule has 0 aromatic heterocycles. The Morgan fingerprint density at radius 3 is 1.48 bits per heavy atom. The van der Waals surface area contributed by atoms with Crippen molar-refractivity contribution in [1.82, 2.24) is 10.6 Å². The number of hydrogen-bond donors (Lipinski definition) is 4. The first-order valence-corrected chi connectivity index (χ1v) is 22.2. The van der Waals surface area contributed by atoms with Crippen molar-refractivity contribution in [3.63, 3.8) is 0 Å². The molecule has 4 N–H and O–H groups in total. The van der Waals surface area contributed by atoms with E-state index >= 15 is 0 Å². The Bertz CT molecular complexity index is 968. The molecule has 0 bridgehead atoms. The maximum Gasteiger partial charge on any atom is 0.328 e. The van der Waals surface area contributed by atoms with E-state index in [1.807, 2.05) is 0 Å². The number of hydrogen-bond acceptors (Lipinski definition) is 6. The molecule has 9 heteroatoms. The minimum absolute atomic E-state index is 0.0455. The van der Waals surface area contributed by atoms with Gasteiger partial charge in [-0.15, -0.1) is 0 Å². The van der Waals surface area contributed by atoms with Crippen LogP contribution in [-0.4, -0.2) is 59.3 Å². The summed E-state index contributed by atoms with van der Waals surface area (Å²) in [4.78, 5) is 47.6. The lowest BCUT2D eigenvalue weighted by Crippen LogP contribution is -2.47. The number of allylic oxidation sites excluding steroid dienone is 4. The standard InChI is InChI=1S/C45H82N2O7/c1-3-5-7-9-11-13-15-17-19-21-23-26-30-34-40(54-44(51)37-33-29-24-22-20-18-16-14-12-10-8-6-4-2)35-31-27-25-28-32-36-42(49)46-38-43(50)47-41(39-48)45(52)53/h14,16,21,23,40-41,48H,3-13,15,17-20,22,24-39H2,1-2H3,(H,46,49)(H,47,50)(H,52,53)/b16-14-,23-21-. The van der Waals surface area contributed by atoms with Crippen molar-refractivity contribution in [2.45, 2.75) is 225 Å². The third-order valence-electron chi connectivity index (χ3n) is 9.92. The number of carboxylic acid groups (broad SMARTS) is 1. The largest absolute Gasteiger partial charge is 0.480 e. The summed E-state index contributed by atoms with van der Waals surface area (Å²) in [5, 5.41) is 22.6. The van der Waals surface area contributed by atoms with E-state index in [1.54, 1.807) is 0 Å². The number of carbonyl (C=O) groups excluding carboxylic acids is 3. The number of aliphatic hydroxyl groups is 1. The third kappa shape index (κ3) is 36.3. The molecular weight excluding hydrogens is 681 g/mol. The van der Waals surface area contributed by atoms with E-state index in [2.05, 4.69) is 48.8 Å². The smallest absolute Gasteiger partial charge is 0.328 e. The summed E-state index contributed by atoms with van der Waals surface area (Å²) in [5.74, 6) is -2.31. The van der Waals surface area contributed by atoms with Gasteiger partial charge in [0.15, 0.2) is 0 Å². The van der Waals surface area contributed by atoms with E-state index in [1.165, 1.54) is 103 Å². The van der Waals surface area contributed by atoms with Crippen LogP contribution in [0.4, 0.5) is 0 Å². The van der Waals surface area contributed by atoms with Gasteiger partial charge in [-0.05, 0) is 83.5 Å². The van der Waals surface area contributed by atoms with Gasteiger partial charge >= 0.3 is 11.9 Å². The van der Waals surface area contributed by atoms with Gasteiger partial charge in [0.2, 0.25) is 11.8 Å². The van der Waals surface area contributed by atoms with Gasteiger partial charge in [-0.2, -0.15) is 0 Å². The highest BCUT2D eigenvalue weighted by Gasteiger charge is 2.19. The van der Waals surface area contributed by atoms with Crippen molar-refractivity contribution >= 4 is 23.8 Å². The van der Waals surface area contributed by atoms with Crippen LogP contribution in [0.25, 0.3) is 0 Å². The Morgan fingerprint density at radius 2 is 0.963 bits per heavy atom. The number of carboxylic acids is 1. The highest BCUT2D eigenvalue weighted by atomic mass is 16.5. The quantitative estimate of drug-likeness (QED) is 0.0276. The Balaban J connectivity index is 4.36. The molecule has 0 rings (SSSR count). The van der Waals surface area contributed by atoms with Crippen molar-refractivity contribution in [2.75, 3.05) is 13.2 Å². The molecule has 0 aliphatic heterocycles. The topological polar surface area (TPSA) is 142 Å². The number of unbranched alkanes of at least 4 members (excludes halogenated alkanes) is 22. The molecule has 0 saturated carbocycles. The van der Waals surface area contributed by atoms with E-state index in [-0.39, 0.29) is 24.5 Å². The van der Waals surface area contributed by atoms with Crippen molar-refractivity contribution in [2.24, 2.45) is 0 Å². The molecule has 9 nitrogen and oxygen atoms in total. The maximum absolute atomic E-state index is 12.8. The second-order valence-corrected chi connectivity index (χ2v) is 15.1. The normalized spacial score (nSPS) is 12.6. The van der Waals surface area contributed by atoms with E-state index < -0.39 is 24.5 Å². The fraction of sp³-hybridized carbons (Fsp3) is 0.822. The third-order valence-corrected chi connectivity index (χ3v) is 9.92. The van der Waals surface area contributed by atoms with Crippen LogP contribution in [0.1, 0.15) is 213 Å². The Kier molecular flexibility index (Phi) is 38.0. The van der Waals surface area contributed by atoms with Gasteiger partial charge in [-0.25, -0.2) is 4.79 Å². The molecule has 0 spiro atoms. The molecule has 0 aliphatic rings. The van der Waals surface area contributed by atoms with E-state index in [0.29, 0.717) is 19.3 Å². The predicted molar refractivity (Wildman–Crippen MR) is 222 cm³/mol. The number of amides is 2. The maximum atomic E-state index is 12.8. The van der Waals surface area contributed by atoms with Crippen molar-refractivity contribution < 1.29 is 34.1 Å². The van der Waals surface area contributed by atoms with Crippen LogP contribution >= 0.6 is 0 Å². The summed E-state index contributed by atoms with van der Waals surface area (Å²) in [6.45, 7) is 3.47. The Labute approximate surface area is 330 Å². The van der Waals surface area contributed by atoms with E-state index in [4.69, 9.17) is 14.9 Å². The van der Waals surface area contributed by atoms with Gasteiger partial charge in [-0.3, -0.25) is 14.4 Å². The summed E-state index contributed by atoms with van der Waals surface area (Å²) >= 11 is 0. The zero-order valence-electron chi connectivity index (χ0n) is 34.7. The predicted octanol–water partition coefficient (Wildman–Crippen LogP) is 10.8. The molecule has 54 heavy (non-hydrogen) atoms. The van der Waals surface area contributed by atoms with E-state index in [0.717, 1.165) is 77.0 Å². The van der Waals surface area contributed by atoms with Crippen LogP contribution in [0.5, 0.6) is 0 Å². The Hall–Kier alpha value is -2.68. The van der Waals surface area contributed by atoms with Crippen LogP contribution in [0.3, 0.4) is 0 Å². The van der Waals surface area contributed by atoms with Crippen LogP contribution in [0.15, 0.2) is 24.3 Å². The lowest BCUT2D eigenvalue weighted by atomic mass is 10.0. The van der Waals surface area contributed by atoms with Crippen LogP contribution in [-0.2, 0) is 23.9 Å². The van der Waals surface area contributed by atoms with Crippen LogP contribution in [0.2, 0.25) is 0 Å². The SMILES string of the molecule is CCCCCC/C=C\CCCCCCCC(=O)OC(CCC/C=C\CCCCCCCCCC)CCCCCCCC(=O)NCC(=O)NC(CO)C(=O)O. The molecule has 2 unspecified atom stereocenters. The summed E-state index contributed by atoms with van der Waals surface area (Å²) in [7, 11) is 0. The Morgan fingerprint density at radius 1 is 0.537 bits per heavy atom.